The molecule has 0 aliphatic heterocycles. The second kappa shape index (κ2) is 5.71. The van der Waals surface area contributed by atoms with Gasteiger partial charge in [0.15, 0.2) is 0 Å². The van der Waals surface area contributed by atoms with Crippen molar-refractivity contribution in [3.8, 4) is 0 Å². The molecule has 2 aromatic heterocycles. The van der Waals surface area contributed by atoms with Crippen molar-refractivity contribution in [3.63, 3.8) is 0 Å². The third kappa shape index (κ3) is 3.15. The average molecular weight is 304 g/mol. The standard InChI is InChI=1S/C15H14ClN3O2/c1-19(8-11-3-2-6-21-11)9-14-17-13-5-4-10(16)7-12(13)15(20)18-14/h2-7H,8-9H2,1H3,(H,17,18,20). The molecular weight excluding hydrogens is 290 g/mol. The van der Waals surface area contributed by atoms with Crippen LogP contribution in [-0.4, -0.2) is 21.9 Å². The van der Waals surface area contributed by atoms with Gasteiger partial charge in [0.05, 0.1) is 30.3 Å². The number of halogens is 1. The second-order valence-corrected chi connectivity index (χ2v) is 5.36. The Kier molecular flexibility index (Phi) is 3.77. The van der Waals surface area contributed by atoms with Crippen LogP contribution in [0.25, 0.3) is 10.9 Å². The van der Waals surface area contributed by atoms with E-state index in [1.165, 1.54) is 0 Å². The number of benzene rings is 1. The molecule has 1 N–H and O–H groups in total. The highest BCUT2D eigenvalue weighted by Gasteiger charge is 2.08. The highest BCUT2D eigenvalue weighted by Crippen LogP contribution is 2.15. The summed E-state index contributed by atoms with van der Waals surface area (Å²) in [6, 6.07) is 8.87. The molecule has 0 unspecified atom stereocenters. The van der Waals surface area contributed by atoms with Gasteiger partial charge < -0.3 is 9.40 Å². The fraction of sp³-hybridized carbons (Fsp3) is 0.200. The summed E-state index contributed by atoms with van der Waals surface area (Å²) < 4.78 is 5.30. The Labute approximate surface area is 126 Å². The van der Waals surface area contributed by atoms with Crippen LogP contribution in [0, 0.1) is 0 Å². The fourth-order valence-electron chi connectivity index (χ4n) is 2.21. The van der Waals surface area contributed by atoms with Crippen molar-refractivity contribution in [1.29, 1.82) is 0 Å². The molecule has 21 heavy (non-hydrogen) atoms. The van der Waals surface area contributed by atoms with Crippen molar-refractivity contribution in [3.05, 3.63) is 63.6 Å². The molecule has 3 aromatic rings. The van der Waals surface area contributed by atoms with E-state index in [0.29, 0.717) is 34.8 Å². The Morgan fingerprint density at radius 2 is 2.19 bits per heavy atom. The minimum absolute atomic E-state index is 0.177. The molecule has 0 fully saturated rings. The Balaban J connectivity index is 1.84. The first-order chi connectivity index (χ1) is 10.1. The number of aromatic nitrogens is 2. The van der Waals surface area contributed by atoms with Gasteiger partial charge in [-0.2, -0.15) is 0 Å². The zero-order valence-electron chi connectivity index (χ0n) is 11.5. The smallest absolute Gasteiger partial charge is 0.258 e. The summed E-state index contributed by atoms with van der Waals surface area (Å²) in [6.45, 7) is 1.17. The Morgan fingerprint density at radius 3 is 2.95 bits per heavy atom. The topological polar surface area (TPSA) is 62.1 Å². The van der Waals surface area contributed by atoms with Crippen LogP contribution in [0.4, 0.5) is 0 Å². The van der Waals surface area contributed by atoms with E-state index in [-0.39, 0.29) is 5.56 Å². The van der Waals surface area contributed by atoms with E-state index in [9.17, 15) is 4.79 Å². The zero-order chi connectivity index (χ0) is 14.8. The number of nitrogens with one attached hydrogen (secondary N) is 1. The van der Waals surface area contributed by atoms with Gasteiger partial charge in [0.2, 0.25) is 0 Å². The van der Waals surface area contributed by atoms with Crippen LogP contribution in [-0.2, 0) is 13.1 Å². The summed E-state index contributed by atoms with van der Waals surface area (Å²) >= 11 is 5.90. The average Bonchev–Trinajstić information content (AvgIpc) is 2.92. The fourth-order valence-corrected chi connectivity index (χ4v) is 2.39. The van der Waals surface area contributed by atoms with Crippen LogP contribution in [0.15, 0.2) is 45.8 Å². The van der Waals surface area contributed by atoms with Gasteiger partial charge in [0, 0.05) is 5.02 Å². The Hall–Kier alpha value is -2.11. The predicted molar refractivity (Wildman–Crippen MR) is 81.3 cm³/mol. The number of aromatic amines is 1. The molecule has 108 valence electrons. The number of H-pyrrole nitrogens is 1. The highest BCUT2D eigenvalue weighted by molar-refractivity contribution is 6.31. The molecule has 0 amide bonds. The third-order valence-electron chi connectivity index (χ3n) is 3.14. The van der Waals surface area contributed by atoms with Crippen molar-refractivity contribution < 1.29 is 4.42 Å². The molecule has 3 rings (SSSR count). The molecule has 6 heteroatoms. The van der Waals surface area contributed by atoms with Crippen molar-refractivity contribution in [2.75, 3.05) is 7.05 Å². The van der Waals surface area contributed by atoms with Crippen LogP contribution in [0.5, 0.6) is 0 Å². The third-order valence-corrected chi connectivity index (χ3v) is 3.38. The zero-order valence-corrected chi connectivity index (χ0v) is 12.2. The number of furan rings is 1. The summed E-state index contributed by atoms with van der Waals surface area (Å²) in [6.07, 6.45) is 1.64. The highest BCUT2D eigenvalue weighted by atomic mass is 35.5. The van der Waals surface area contributed by atoms with Crippen LogP contribution in [0.1, 0.15) is 11.6 Å². The van der Waals surface area contributed by atoms with E-state index < -0.39 is 0 Å². The van der Waals surface area contributed by atoms with Crippen LogP contribution >= 0.6 is 11.6 Å². The molecule has 5 nitrogen and oxygen atoms in total. The SMILES string of the molecule is CN(Cc1nc2ccc(Cl)cc2c(=O)[nH]1)Cc1ccco1. The monoisotopic (exact) mass is 303 g/mol. The van der Waals surface area contributed by atoms with Crippen molar-refractivity contribution in [2.24, 2.45) is 0 Å². The maximum atomic E-state index is 12.1. The first-order valence-electron chi connectivity index (χ1n) is 6.51. The van der Waals surface area contributed by atoms with E-state index in [1.54, 1.807) is 24.5 Å². The number of rotatable bonds is 4. The lowest BCUT2D eigenvalue weighted by molar-refractivity contribution is 0.281. The lowest BCUT2D eigenvalue weighted by atomic mass is 10.2. The largest absolute Gasteiger partial charge is 0.468 e. The van der Waals surface area contributed by atoms with Crippen LogP contribution in [0.3, 0.4) is 0 Å². The molecule has 0 spiro atoms. The molecule has 0 radical (unpaired) electrons. The molecule has 0 aliphatic rings. The van der Waals surface area contributed by atoms with Crippen LogP contribution in [0.2, 0.25) is 5.02 Å². The minimum Gasteiger partial charge on any atom is -0.468 e. The lowest BCUT2D eigenvalue weighted by Gasteiger charge is -2.14. The minimum atomic E-state index is -0.177. The summed E-state index contributed by atoms with van der Waals surface area (Å²) in [4.78, 5) is 21.3. The summed E-state index contributed by atoms with van der Waals surface area (Å²) in [7, 11) is 1.94. The second-order valence-electron chi connectivity index (χ2n) is 4.93. The lowest BCUT2D eigenvalue weighted by Crippen LogP contribution is -2.21. The predicted octanol–water partition coefficient (Wildman–Crippen LogP) is 2.80. The quantitative estimate of drug-likeness (QED) is 0.805. The maximum Gasteiger partial charge on any atom is 0.258 e. The summed E-state index contributed by atoms with van der Waals surface area (Å²) in [5.74, 6) is 1.48. The van der Waals surface area contributed by atoms with Crippen LogP contribution < -0.4 is 5.56 Å². The number of fused-ring (bicyclic) bond motifs is 1. The van der Waals surface area contributed by atoms with Crippen molar-refractivity contribution >= 4 is 22.5 Å². The molecule has 0 saturated heterocycles. The van der Waals surface area contributed by atoms with Gasteiger partial charge in [-0.25, -0.2) is 4.98 Å². The van der Waals surface area contributed by atoms with Crippen molar-refractivity contribution in [1.82, 2.24) is 14.9 Å². The molecule has 2 heterocycles. The molecule has 0 saturated carbocycles. The van der Waals surface area contributed by atoms with Gasteiger partial charge in [-0.1, -0.05) is 11.6 Å². The van der Waals surface area contributed by atoms with E-state index in [2.05, 4.69) is 9.97 Å². The summed E-state index contributed by atoms with van der Waals surface area (Å²) in [5, 5.41) is 1.03. The van der Waals surface area contributed by atoms with E-state index in [1.807, 2.05) is 24.1 Å². The molecular formula is C15H14ClN3O2. The van der Waals surface area contributed by atoms with E-state index in [0.717, 1.165) is 5.76 Å². The maximum absolute atomic E-state index is 12.1. The molecule has 0 aliphatic carbocycles. The van der Waals surface area contributed by atoms with Gasteiger partial charge in [0.25, 0.3) is 5.56 Å². The first-order valence-corrected chi connectivity index (χ1v) is 6.89. The van der Waals surface area contributed by atoms with Gasteiger partial charge in [0.1, 0.15) is 11.6 Å². The molecule has 0 bridgehead atoms. The number of nitrogens with zero attached hydrogens (tertiary/aromatic N) is 2. The van der Waals surface area contributed by atoms with E-state index in [4.69, 9.17) is 16.0 Å². The normalized spacial score (nSPS) is 11.4. The Bertz CT molecular complexity index is 811. The summed E-state index contributed by atoms with van der Waals surface area (Å²) in [5.41, 5.74) is 0.466. The van der Waals surface area contributed by atoms with E-state index >= 15 is 0 Å². The van der Waals surface area contributed by atoms with Gasteiger partial charge >= 0.3 is 0 Å². The number of hydrogen-bond acceptors (Lipinski definition) is 4. The van der Waals surface area contributed by atoms with Gasteiger partial charge in [-0.15, -0.1) is 0 Å². The molecule has 1 aromatic carbocycles. The van der Waals surface area contributed by atoms with Gasteiger partial charge in [-0.05, 0) is 37.4 Å². The Morgan fingerprint density at radius 1 is 1.33 bits per heavy atom. The molecule has 0 atom stereocenters. The first kappa shape index (κ1) is 13.9. The number of hydrogen-bond donors (Lipinski definition) is 1. The van der Waals surface area contributed by atoms with Gasteiger partial charge in [-0.3, -0.25) is 9.69 Å². The van der Waals surface area contributed by atoms with Crippen molar-refractivity contribution in [2.45, 2.75) is 13.1 Å².